The zero-order chi connectivity index (χ0) is 21.9. The van der Waals surface area contributed by atoms with Crippen molar-refractivity contribution in [3.8, 4) is 5.75 Å². The third-order valence-corrected chi connectivity index (χ3v) is 6.11. The number of benzene rings is 2. The normalized spacial score (nSPS) is 15.0. The fourth-order valence-corrected chi connectivity index (χ4v) is 3.58. The summed E-state index contributed by atoms with van der Waals surface area (Å²) < 4.78 is 30.0. The lowest BCUT2D eigenvalue weighted by molar-refractivity contribution is -0.122. The van der Waals surface area contributed by atoms with E-state index in [-0.39, 0.29) is 11.8 Å². The van der Waals surface area contributed by atoms with Gasteiger partial charge in [0.15, 0.2) is 6.10 Å². The molecular formula is C21H25N3O5S. The number of amides is 2. The van der Waals surface area contributed by atoms with Crippen LogP contribution in [0.5, 0.6) is 5.75 Å². The number of carbonyl (C=O) groups excluding carboxylic acids is 2. The standard InChI is InChI=1S/C21H25N3O5S/c1-15(29-19-12-10-17(11-13-19)23(2)30(3,27)28)21(26)22-16-6-8-18(9-7-16)24-14-4-5-20(24)25/h6-13,15H,4-5,14H2,1-3H3,(H,22,26)/t15-/m1/s1. The van der Waals surface area contributed by atoms with Gasteiger partial charge in [-0.1, -0.05) is 0 Å². The van der Waals surface area contributed by atoms with E-state index >= 15 is 0 Å². The van der Waals surface area contributed by atoms with E-state index in [9.17, 15) is 18.0 Å². The second kappa shape index (κ2) is 8.74. The van der Waals surface area contributed by atoms with Crippen molar-refractivity contribution < 1.29 is 22.7 Å². The maximum Gasteiger partial charge on any atom is 0.265 e. The van der Waals surface area contributed by atoms with E-state index in [0.29, 0.717) is 30.1 Å². The molecule has 3 rings (SSSR count). The summed E-state index contributed by atoms with van der Waals surface area (Å²) in [6.07, 6.45) is 1.79. The molecule has 2 amide bonds. The molecule has 0 aromatic heterocycles. The molecule has 0 unspecified atom stereocenters. The van der Waals surface area contributed by atoms with Crippen molar-refractivity contribution in [1.82, 2.24) is 0 Å². The Hall–Kier alpha value is -3.07. The summed E-state index contributed by atoms with van der Waals surface area (Å²) in [6, 6.07) is 13.6. The molecule has 0 spiro atoms. The minimum atomic E-state index is -3.34. The molecule has 1 atom stereocenters. The van der Waals surface area contributed by atoms with Crippen molar-refractivity contribution in [1.29, 1.82) is 0 Å². The van der Waals surface area contributed by atoms with Crippen molar-refractivity contribution in [2.45, 2.75) is 25.9 Å². The molecule has 0 bridgehead atoms. The predicted octanol–water partition coefficient (Wildman–Crippen LogP) is 2.62. The van der Waals surface area contributed by atoms with Gasteiger partial charge in [0.25, 0.3) is 5.91 Å². The first-order valence-electron chi connectivity index (χ1n) is 9.57. The third kappa shape index (κ3) is 5.10. The van der Waals surface area contributed by atoms with Gasteiger partial charge in [-0.2, -0.15) is 0 Å². The van der Waals surface area contributed by atoms with Gasteiger partial charge in [0, 0.05) is 31.4 Å². The zero-order valence-electron chi connectivity index (χ0n) is 17.2. The monoisotopic (exact) mass is 431 g/mol. The Morgan fingerprint density at radius 3 is 2.30 bits per heavy atom. The summed E-state index contributed by atoms with van der Waals surface area (Å²) in [5, 5.41) is 2.79. The predicted molar refractivity (Wildman–Crippen MR) is 116 cm³/mol. The highest BCUT2D eigenvalue weighted by Gasteiger charge is 2.22. The van der Waals surface area contributed by atoms with Crippen LogP contribution >= 0.6 is 0 Å². The first-order chi connectivity index (χ1) is 14.1. The van der Waals surface area contributed by atoms with Crippen molar-refractivity contribution in [3.63, 3.8) is 0 Å². The Balaban J connectivity index is 1.57. The van der Waals surface area contributed by atoms with Crippen LogP contribution in [0.4, 0.5) is 17.1 Å². The summed E-state index contributed by atoms with van der Waals surface area (Å²) in [5.41, 5.74) is 1.92. The number of hydrogen-bond donors (Lipinski definition) is 1. The van der Waals surface area contributed by atoms with Gasteiger partial charge in [-0.25, -0.2) is 8.42 Å². The SMILES string of the molecule is C[C@@H](Oc1ccc(N(C)S(C)(=O)=O)cc1)C(=O)Nc1ccc(N2CCCC2=O)cc1. The van der Waals surface area contributed by atoms with Crippen LogP contribution in [0.2, 0.25) is 0 Å². The van der Waals surface area contributed by atoms with Crippen molar-refractivity contribution in [2.75, 3.05) is 34.4 Å². The molecule has 8 nitrogen and oxygen atoms in total. The molecule has 1 N–H and O–H groups in total. The van der Waals surface area contributed by atoms with Crippen LogP contribution in [0.3, 0.4) is 0 Å². The van der Waals surface area contributed by atoms with Gasteiger partial charge in [0.2, 0.25) is 15.9 Å². The summed E-state index contributed by atoms with van der Waals surface area (Å²) in [7, 11) is -1.88. The molecule has 160 valence electrons. The Morgan fingerprint density at radius 2 is 1.77 bits per heavy atom. The minimum Gasteiger partial charge on any atom is -0.481 e. The average molecular weight is 432 g/mol. The second-order valence-corrected chi connectivity index (χ2v) is 9.18. The van der Waals surface area contributed by atoms with E-state index in [1.807, 2.05) is 0 Å². The quantitative estimate of drug-likeness (QED) is 0.727. The number of nitrogens with zero attached hydrogens (tertiary/aromatic N) is 2. The van der Waals surface area contributed by atoms with Gasteiger partial charge in [-0.05, 0) is 61.9 Å². The lowest BCUT2D eigenvalue weighted by atomic mass is 10.2. The van der Waals surface area contributed by atoms with Crippen LogP contribution in [-0.2, 0) is 19.6 Å². The van der Waals surface area contributed by atoms with Gasteiger partial charge >= 0.3 is 0 Å². The van der Waals surface area contributed by atoms with Crippen LogP contribution in [0.25, 0.3) is 0 Å². The summed E-state index contributed by atoms with van der Waals surface area (Å²) in [5.74, 6) is 0.242. The number of sulfonamides is 1. The molecule has 1 aliphatic rings. The number of nitrogens with one attached hydrogen (secondary N) is 1. The molecule has 2 aromatic rings. The maximum atomic E-state index is 12.4. The minimum absolute atomic E-state index is 0.113. The average Bonchev–Trinajstić information content (AvgIpc) is 3.13. The number of anilines is 3. The van der Waals surface area contributed by atoms with Crippen LogP contribution in [0.15, 0.2) is 48.5 Å². The highest BCUT2D eigenvalue weighted by molar-refractivity contribution is 7.92. The van der Waals surface area contributed by atoms with Gasteiger partial charge in [-0.3, -0.25) is 13.9 Å². The van der Waals surface area contributed by atoms with E-state index < -0.39 is 16.1 Å². The molecule has 1 fully saturated rings. The molecule has 1 heterocycles. The summed E-state index contributed by atoms with van der Waals surface area (Å²) in [6.45, 7) is 2.34. The van der Waals surface area contributed by atoms with Gasteiger partial charge in [-0.15, -0.1) is 0 Å². The number of hydrogen-bond acceptors (Lipinski definition) is 5. The molecule has 30 heavy (non-hydrogen) atoms. The second-order valence-electron chi connectivity index (χ2n) is 7.17. The third-order valence-electron chi connectivity index (χ3n) is 4.90. The van der Waals surface area contributed by atoms with Crippen molar-refractivity contribution >= 4 is 38.9 Å². The van der Waals surface area contributed by atoms with Crippen LogP contribution in [0.1, 0.15) is 19.8 Å². The Kier molecular flexibility index (Phi) is 6.31. The van der Waals surface area contributed by atoms with E-state index in [0.717, 1.165) is 22.7 Å². The molecule has 1 saturated heterocycles. The summed E-state index contributed by atoms with van der Waals surface area (Å²) >= 11 is 0. The van der Waals surface area contributed by atoms with E-state index in [4.69, 9.17) is 4.74 Å². The first-order valence-corrected chi connectivity index (χ1v) is 11.4. The van der Waals surface area contributed by atoms with E-state index in [1.165, 1.54) is 7.05 Å². The molecule has 0 radical (unpaired) electrons. The maximum absolute atomic E-state index is 12.4. The Labute approximate surface area is 176 Å². The van der Waals surface area contributed by atoms with Crippen LogP contribution in [0, 0.1) is 0 Å². The van der Waals surface area contributed by atoms with E-state index in [2.05, 4.69) is 5.32 Å². The van der Waals surface area contributed by atoms with E-state index in [1.54, 1.807) is 60.4 Å². The molecule has 0 saturated carbocycles. The smallest absolute Gasteiger partial charge is 0.265 e. The number of ether oxygens (including phenoxy) is 1. The highest BCUT2D eigenvalue weighted by atomic mass is 32.2. The van der Waals surface area contributed by atoms with Crippen molar-refractivity contribution in [3.05, 3.63) is 48.5 Å². The van der Waals surface area contributed by atoms with Gasteiger partial charge < -0.3 is 15.0 Å². The molecule has 2 aromatic carbocycles. The topological polar surface area (TPSA) is 96.0 Å². The fourth-order valence-electron chi connectivity index (χ4n) is 3.07. The lowest BCUT2D eigenvalue weighted by Crippen LogP contribution is -2.30. The molecule has 9 heteroatoms. The molecular weight excluding hydrogens is 406 g/mol. The number of carbonyl (C=O) groups is 2. The van der Waals surface area contributed by atoms with Crippen LogP contribution < -0.4 is 19.3 Å². The van der Waals surface area contributed by atoms with Crippen LogP contribution in [-0.4, -0.2) is 46.2 Å². The zero-order valence-corrected chi connectivity index (χ0v) is 18.0. The highest BCUT2D eigenvalue weighted by Crippen LogP contribution is 2.24. The van der Waals surface area contributed by atoms with Gasteiger partial charge in [0.05, 0.1) is 11.9 Å². The Bertz CT molecular complexity index is 1020. The molecule has 0 aliphatic carbocycles. The Morgan fingerprint density at radius 1 is 1.13 bits per heavy atom. The lowest BCUT2D eigenvalue weighted by Gasteiger charge is -2.19. The fraction of sp³-hybridized carbons (Fsp3) is 0.333. The number of rotatable bonds is 7. The summed E-state index contributed by atoms with van der Waals surface area (Å²) in [4.78, 5) is 26.0. The van der Waals surface area contributed by atoms with Crippen molar-refractivity contribution in [2.24, 2.45) is 0 Å². The first kappa shape index (κ1) is 21.6. The largest absolute Gasteiger partial charge is 0.481 e. The molecule has 1 aliphatic heterocycles. The van der Waals surface area contributed by atoms with Gasteiger partial charge in [0.1, 0.15) is 5.75 Å².